The highest BCUT2D eigenvalue weighted by molar-refractivity contribution is 7.80. The highest BCUT2D eigenvalue weighted by Gasteiger charge is 2.16. The summed E-state index contributed by atoms with van der Waals surface area (Å²) < 4.78 is 0. The number of aryl methyl sites for hydroxylation is 1. The molecule has 1 rings (SSSR count). The van der Waals surface area contributed by atoms with Gasteiger partial charge in [-0.25, -0.2) is 0 Å². The first-order valence-corrected chi connectivity index (χ1v) is 7.06. The molecule has 1 aromatic rings. The van der Waals surface area contributed by atoms with Gasteiger partial charge in [0.15, 0.2) is 5.11 Å². The largest absolute Gasteiger partial charge is 0.366 e. The maximum atomic E-state index is 5.20. The van der Waals surface area contributed by atoms with Crippen LogP contribution < -0.4 is 10.6 Å². The van der Waals surface area contributed by atoms with Crippen molar-refractivity contribution >= 4 is 17.3 Å². The number of hydrogen-bond donors (Lipinski definition) is 2. The average Bonchev–Trinajstić information content (AvgIpc) is 2.37. The van der Waals surface area contributed by atoms with Crippen molar-refractivity contribution in [1.82, 2.24) is 10.6 Å². The van der Waals surface area contributed by atoms with E-state index in [0.29, 0.717) is 11.0 Å². The summed E-state index contributed by atoms with van der Waals surface area (Å²) in [5.41, 5.74) is 2.70. The van der Waals surface area contributed by atoms with Gasteiger partial charge in [-0.2, -0.15) is 0 Å². The fourth-order valence-corrected chi connectivity index (χ4v) is 2.16. The summed E-state index contributed by atoms with van der Waals surface area (Å²) in [6, 6.07) is 9.12. The molecule has 0 aliphatic heterocycles. The van der Waals surface area contributed by atoms with Gasteiger partial charge in [0.05, 0.1) is 6.04 Å². The van der Waals surface area contributed by atoms with Gasteiger partial charge < -0.3 is 10.6 Å². The van der Waals surface area contributed by atoms with E-state index in [9.17, 15) is 0 Å². The zero-order valence-electron chi connectivity index (χ0n) is 11.8. The molecule has 3 heteroatoms. The lowest BCUT2D eigenvalue weighted by atomic mass is 9.95. The van der Waals surface area contributed by atoms with Crippen LogP contribution >= 0.6 is 12.2 Å². The first-order valence-electron chi connectivity index (χ1n) is 6.65. The fraction of sp³-hybridized carbons (Fsp3) is 0.533. The van der Waals surface area contributed by atoms with Crippen molar-refractivity contribution in [1.29, 1.82) is 0 Å². The molecule has 1 atom stereocenters. The molecule has 0 bridgehead atoms. The van der Waals surface area contributed by atoms with Crippen LogP contribution in [0.5, 0.6) is 0 Å². The molecule has 0 heterocycles. The summed E-state index contributed by atoms with van der Waals surface area (Å²) >= 11 is 5.20. The van der Waals surface area contributed by atoms with Crippen LogP contribution in [0.1, 0.15) is 44.4 Å². The molecule has 100 valence electrons. The molecular formula is C15H24N2S. The molecule has 0 saturated carbocycles. The molecule has 2 N–H and O–H groups in total. The first-order chi connectivity index (χ1) is 8.58. The maximum Gasteiger partial charge on any atom is 0.166 e. The van der Waals surface area contributed by atoms with E-state index >= 15 is 0 Å². The normalized spacial score (nSPS) is 12.3. The van der Waals surface area contributed by atoms with Gasteiger partial charge in [0, 0.05) is 7.05 Å². The van der Waals surface area contributed by atoms with Crippen LogP contribution in [-0.4, -0.2) is 12.2 Å². The van der Waals surface area contributed by atoms with Crippen LogP contribution in [0.3, 0.4) is 0 Å². The minimum Gasteiger partial charge on any atom is -0.366 e. The monoisotopic (exact) mass is 264 g/mol. The first kappa shape index (κ1) is 15.0. The standard InChI is InChI=1S/C15H24N2S/c1-5-6-12-7-9-13(10-8-12)14(11(2)3)17-15(18)16-4/h7-11,14H,5-6H2,1-4H3,(H2,16,17,18)/t14-/m1/s1. The van der Waals surface area contributed by atoms with Crippen molar-refractivity contribution < 1.29 is 0 Å². The van der Waals surface area contributed by atoms with Gasteiger partial charge in [0.25, 0.3) is 0 Å². The van der Waals surface area contributed by atoms with Gasteiger partial charge in [-0.3, -0.25) is 0 Å². The lowest BCUT2D eigenvalue weighted by molar-refractivity contribution is 0.470. The zero-order valence-corrected chi connectivity index (χ0v) is 12.6. The summed E-state index contributed by atoms with van der Waals surface area (Å²) in [6.07, 6.45) is 2.34. The van der Waals surface area contributed by atoms with Crippen molar-refractivity contribution in [3.8, 4) is 0 Å². The Kier molecular flexibility index (Phi) is 6.13. The molecular weight excluding hydrogens is 240 g/mol. The van der Waals surface area contributed by atoms with E-state index in [0.717, 1.165) is 6.42 Å². The molecule has 18 heavy (non-hydrogen) atoms. The summed E-state index contributed by atoms with van der Waals surface area (Å²) in [7, 11) is 1.84. The van der Waals surface area contributed by atoms with Gasteiger partial charge >= 0.3 is 0 Å². The number of thiocarbonyl (C=S) groups is 1. The van der Waals surface area contributed by atoms with E-state index in [-0.39, 0.29) is 6.04 Å². The number of rotatable bonds is 5. The number of benzene rings is 1. The Bertz CT molecular complexity index is 371. The van der Waals surface area contributed by atoms with Crippen LogP contribution in [0.2, 0.25) is 0 Å². The molecule has 0 amide bonds. The van der Waals surface area contributed by atoms with Crippen LogP contribution in [-0.2, 0) is 6.42 Å². The quantitative estimate of drug-likeness (QED) is 0.797. The van der Waals surface area contributed by atoms with Crippen LogP contribution in [0.15, 0.2) is 24.3 Å². The van der Waals surface area contributed by atoms with E-state index in [1.54, 1.807) is 0 Å². The van der Waals surface area contributed by atoms with Gasteiger partial charge in [0.2, 0.25) is 0 Å². The van der Waals surface area contributed by atoms with Crippen molar-refractivity contribution in [3.05, 3.63) is 35.4 Å². The van der Waals surface area contributed by atoms with Gasteiger partial charge in [-0.1, -0.05) is 51.5 Å². The Morgan fingerprint density at radius 1 is 1.22 bits per heavy atom. The number of nitrogens with one attached hydrogen (secondary N) is 2. The third kappa shape index (κ3) is 4.30. The lowest BCUT2D eigenvalue weighted by Crippen LogP contribution is -2.37. The van der Waals surface area contributed by atoms with Gasteiger partial charge in [-0.15, -0.1) is 0 Å². The minimum atomic E-state index is 0.264. The second kappa shape index (κ2) is 7.37. The lowest BCUT2D eigenvalue weighted by Gasteiger charge is -2.24. The Hall–Kier alpha value is -1.09. The Morgan fingerprint density at radius 2 is 1.83 bits per heavy atom. The molecule has 0 aromatic heterocycles. The van der Waals surface area contributed by atoms with E-state index in [4.69, 9.17) is 12.2 Å². The molecule has 0 fully saturated rings. The third-order valence-electron chi connectivity index (χ3n) is 3.06. The maximum absolute atomic E-state index is 5.20. The minimum absolute atomic E-state index is 0.264. The predicted octanol–water partition coefficient (Wildman–Crippen LogP) is 3.43. The Labute approximate surface area is 116 Å². The highest BCUT2D eigenvalue weighted by Crippen LogP contribution is 2.22. The Morgan fingerprint density at radius 3 is 2.28 bits per heavy atom. The average molecular weight is 264 g/mol. The van der Waals surface area contributed by atoms with Crippen LogP contribution in [0.4, 0.5) is 0 Å². The van der Waals surface area contributed by atoms with Crippen molar-refractivity contribution in [2.75, 3.05) is 7.05 Å². The molecule has 0 radical (unpaired) electrons. The van der Waals surface area contributed by atoms with E-state index < -0.39 is 0 Å². The molecule has 0 aliphatic carbocycles. The second-order valence-corrected chi connectivity index (χ2v) is 5.34. The van der Waals surface area contributed by atoms with E-state index in [1.807, 2.05) is 7.05 Å². The zero-order chi connectivity index (χ0) is 13.5. The van der Waals surface area contributed by atoms with E-state index in [1.165, 1.54) is 17.5 Å². The summed E-state index contributed by atoms with van der Waals surface area (Å²) in [6.45, 7) is 6.61. The Balaban J connectivity index is 2.82. The molecule has 0 spiro atoms. The van der Waals surface area contributed by atoms with E-state index in [2.05, 4.69) is 55.7 Å². The molecule has 2 nitrogen and oxygen atoms in total. The molecule has 0 aliphatic rings. The molecule has 1 aromatic carbocycles. The van der Waals surface area contributed by atoms with Gasteiger partial charge in [0.1, 0.15) is 0 Å². The molecule has 0 unspecified atom stereocenters. The van der Waals surface area contributed by atoms with Crippen molar-refractivity contribution in [2.45, 2.75) is 39.7 Å². The topological polar surface area (TPSA) is 24.1 Å². The van der Waals surface area contributed by atoms with Crippen LogP contribution in [0.25, 0.3) is 0 Å². The summed E-state index contributed by atoms with van der Waals surface area (Å²) in [5, 5.41) is 7.03. The summed E-state index contributed by atoms with van der Waals surface area (Å²) in [5.74, 6) is 0.494. The SMILES string of the molecule is CCCc1ccc([C@H](NC(=S)NC)C(C)C)cc1. The van der Waals surface area contributed by atoms with Crippen molar-refractivity contribution in [2.24, 2.45) is 5.92 Å². The van der Waals surface area contributed by atoms with Gasteiger partial charge in [-0.05, 0) is 35.7 Å². The predicted molar refractivity (Wildman–Crippen MR) is 82.8 cm³/mol. The van der Waals surface area contributed by atoms with Crippen molar-refractivity contribution in [3.63, 3.8) is 0 Å². The fourth-order valence-electron chi connectivity index (χ4n) is 2.03. The number of hydrogen-bond acceptors (Lipinski definition) is 1. The second-order valence-electron chi connectivity index (χ2n) is 4.94. The smallest absolute Gasteiger partial charge is 0.166 e. The third-order valence-corrected chi connectivity index (χ3v) is 3.38. The highest BCUT2D eigenvalue weighted by atomic mass is 32.1. The summed E-state index contributed by atoms with van der Waals surface area (Å²) in [4.78, 5) is 0. The van der Waals surface area contributed by atoms with Crippen LogP contribution in [0, 0.1) is 5.92 Å². The molecule has 0 saturated heterocycles.